The van der Waals surface area contributed by atoms with Crippen molar-refractivity contribution in [2.45, 2.75) is 32.9 Å². The molecular weight excluding hydrogens is 256 g/mol. The molecule has 20 heavy (non-hydrogen) atoms. The highest BCUT2D eigenvalue weighted by molar-refractivity contribution is 5.74. The third kappa shape index (κ3) is 3.17. The molecule has 2 rings (SSSR count). The van der Waals surface area contributed by atoms with Gasteiger partial charge >= 0.3 is 0 Å². The van der Waals surface area contributed by atoms with Crippen LogP contribution in [0.4, 0.5) is 0 Å². The van der Waals surface area contributed by atoms with E-state index in [1.54, 1.807) is 4.68 Å². The van der Waals surface area contributed by atoms with Gasteiger partial charge in [0, 0.05) is 11.8 Å². The fourth-order valence-corrected chi connectivity index (χ4v) is 1.74. The number of nitrogens with zero attached hydrogens (tertiary/aromatic N) is 2. The Kier molecular flexibility index (Phi) is 3.79. The molecule has 0 fully saturated rings. The van der Waals surface area contributed by atoms with Gasteiger partial charge in [0.15, 0.2) is 0 Å². The zero-order valence-electron chi connectivity index (χ0n) is 11.8. The van der Waals surface area contributed by atoms with E-state index < -0.39 is 11.6 Å². The maximum Gasteiger partial charge on any atom is 0.236 e. The van der Waals surface area contributed by atoms with E-state index in [4.69, 9.17) is 4.74 Å². The zero-order valence-corrected chi connectivity index (χ0v) is 11.8. The van der Waals surface area contributed by atoms with Crippen LogP contribution < -0.4 is 9.84 Å². The van der Waals surface area contributed by atoms with Crippen molar-refractivity contribution in [1.82, 2.24) is 9.78 Å². The summed E-state index contributed by atoms with van der Waals surface area (Å²) in [6.07, 6.45) is 1.83. The summed E-state index contributed by atoms with van der Waals surface area (Å²) >= 11 is 0. The van der Waals surface area contributed by atoms with Gasteiger partial charge in [0.05, 0.1) is 12.5 Å². The summed E-state index contributed by atoms with van der Waals surface area (Å²) in [7, 11) is 0. The molecule has 0 aliphatic carbocycles. The minimum atomic E-state index is -1.41. The first-order valence-corrected chi connectivity index (χ1v) is 6.37. The highest BCUT2D eigenvalue weighted by Crippen LogP contribution is 2.20. The molecular formula is C15H17N2O3-. The lowest BCUT2D eigenvalue weighted by Crippen LogP contribution is -2.48. The number of carbonyl (C=O) groups is 1. The van der Waals surface area contributed by atoms with Crippen molar-refractivity contribution < 1.29 is 14.6 Å². The first-order valence-electron chi connectivity index (χ1n) is 6.37. The second kappa shape index (κ2) is 5.36. The van der Waals surface area contributed by atoms with Crippen LogP contribution in [0.1, 0.15) is 25.0 Å². The second-order valence-corrected chi connectivity index (χ2v) is 5.20. The average Bonchev–Trinajstić information content (AvgIpc) is 2.70. The molecule has 0 amide bonds. The zero-order chi connectivity index (χ0) is 14.8. The molecule has 0 saturated carbocycles. The van der Waals surface area contributed by atoms with Gasteiger partial charge in [-0.3, -0.25) is 4.68 Å². The molecule has 0 aliphatic rings. The SMILES string of the molecule is Cc1cn(Cc2ccccc2)nc1OC(C)(C)C(=O)[O-]. The van der Waals surface area contributed by atoms with E-state index in [0.29, 0.717) is 12.4 Å². The number of ether oxygens (including phenoxy) is 1. The fraction of sp³-hybridized carbons (Fsp3) is 0.333. The van der Waals surface area contributed by atoms with Crippen molar-refractivity contribution in [1.29, 1.82) is 0 Å². The molecule has 0 spiro atoms. The standard InChI is InChI=1S/C15H18N2O3/c1-11-9-17(10-12-7-5-4-6-8-12)16-13(11)20-15(2,3)14(18)19/h4-9H,10H2,1-3H3,(H,18,19)/p-1. The summed E-state index contributed by atoms with van der Waals surface area (Å²) < 4.78 is 7.15. The number of aromatic nitrogens is 2. The lowest BCUT2D eigenvalue weighted by atomic mass is 10.1. The fourth-order valence-electron chi connectivity index (χ4n) is 1.74. The van der Waals surface area contributed by atoms with Crippen molar-refractivity contribution in [3.8, 4) is 5.88 Å². The van der Waals surface area contributed by atoms with Crippen molar-refractivity contribution >= 4 is 5.97 Å². The van der Waals surface area contributed by atoms with E-state index in [2.05, 4.69) is 5.10 Å². The van der Waals surface area contributed by atoms with Gasteiger partial charge in [-0.05, 0) is 26.3 Å². The van der Waals surface area contributed by atoms with Crippen LogP contribution in [0, 0.1) is 6.92 Å². The molecule has 0 radical (unpaired) electrons. The Morgan fingerprint density at radius 3 is 2.60 bits per heavy atom. The molecule has 1 aromatic heterocycles. The van der Waals surface area contributed by atoms with Crippen LogP contribution >= 0.6 is 0 Å². The average molecular weight is 273 g/mol. The Hall–Kier alpha value is -2.30. The molecule has 0 aliphatic heterocycles. The first kappa shape index (κ1) is 14.1. The number of rotatable bonds is 5. The minimum Gasteiger partial charge on any atom is -0.546 e. The van der Waals surface area contributed by atoms with Crippen LogP contribution in [0.3, 0.4) is 0 Å². The van der Waals surface area contributed by atoms with Gasteiger partial charge in [0.1, 0.15) is 5.60 Å². The van der Waals surface area contributed by atoms with Crippen LogP contribution in [0.25, 0.3) is 0 Å². The quantitative estimate of drug-likeness (QED) is 0.819. The maximum absolute atomic E-state index is 11.0. The smallest absolute Gasteiger partial charge is 0.236 e. The summed E-state index contributed by atoms with van der Waals surface area (Å²) in [4.78, 5) is 11.0. The molecule has 0 atom stereocenters. The van der Waals surface area contributed by atoms with Gasteiger partial charge in [0.2, 0.25) is 5.88 Å². The number of aryl methyl sites for hydroxylation is 1. The predicted molar refractivity (Wildman–Crippen MR) is 72.2 cm³/mol. The molecule has 0 bridgehead atoms. The molecule has 0 N–H and O–H groups in total. The molecule has 0 unspecified atom stereocenters. The topological polar surface area (TPSA) is 67.2 Å². The summed E-state index contributed by atoms with van der Waals surface area (Å²) in [5.74, 6) is -0.954. The van der Waals surface area contributed by atoms with E-state index in [1.807, 2.05) is 43.5 Å². The van der Waals surface area contributed by atoms with Crippen molar-refractivity contribution in [2.75, 3.05) is 0 Å². The normalized spacial score (nSPS) is 11.3. The largest absolute Gasteiger partial charge is 0.546 e. The molecule has 1 heterocycles. The highest BCUT2D eigenvalue weighted by atomic mass is 16.5. The van der Waals surface area contributed by atoms with Gasteiger partial charge in [0.25, 0.3) is 0 Å². The minimum absolute atomic E-state index is 0.315. The lowest BCUT2D eigenvalue weighted by molar-refractivity contribution is -0.320. The van der Waals surface area contributed by atoms with Crippen LogP contribution in [0.2, 0.25) is 0 Å². The van der Waals surface area contributed by atoms with Crippen molar-refractivity contribution in [3.63, 3.8) is 0 Å². The van der Waals surface area contributed by atoms with E-state index in [-0.39, 0.29) is 0 Å². The molecule has 0 saturated heterocycles. The van der Waals surface area contributed by atoms with Crippen molar-refractivity contribution in [3.05, 3.63) is 47.7 Å². The Morgan fingerprint density at radius 1 is 1.35 bits per heavy atom. The van der Waals surface area contributed by atoms with E-state index >= 15 is 0 Å². The maximum atomic E-state index is 11.0. The Labute approximate surface area is 117 Å². The number of aliphatic carboxylic acids is 1. The third-order valence-corrected chi connectivity index (χ3v) is 2.93. The first-order chi connectivity index (χ1) is 9.38. The Morgan fingerprint density at radius 2 is 2.00 bits per heavy atom. The number of carbonyl (C=O) groups excluding carboxylic acids is 1. The predicted octanol–water partition coefficient (Wildman–Crippen LogP) is 1.15. The number of carboxylic acid groups (broad SMARTS) is 1. The lowest BCUT2D eigenvalue weighted by Gasteiger charge is -2.26. The third-order valence-electron chi connectivity index (χ3n) is 2.93. The van der Waals surface area contributed by atoms with Crippen LogP contribution in [-0.4, -0.2) is 21.4 Å². The van der Waals surface area contributed by atoms with E-state index in [1.165, 1.54) is 13.8 Å². The van der Waals surface area contributed by atoms with Gasteiger partial charge in [-0.15, -0.1) is 5.10 Å². The summed E-state index contributed by atoms with van der Waals surface area (Å²) in [5.41, 5.74) is 0.493. The molecule has 1 aromatic carbocycles. The van der Waals surface area contributed by atoms with E-state index in [0.717, 1.165) is 11.1 Å². The number of hydrogen-bond acceptors (Lipinski definition) is 4. The van der Waals surface area contributed by atoms with E-state index in [9.17, 15) is 9.90 Å². The van der Waals surface area contributed by atoms with Crippen molar-refractivity contribution in [2.24, 2.45) is 0 Å². The highest BCUT2D eigenvalue weighted by Gasteiger charge is 2.23. The van der Waals surface area contributed by atoms with Gasteiger partial charge in [-0.2, -0.15) is 0 Å². The van der Waals surface area contributed by atoms with Crippen LogP contribution in [0.5, 0.6) is 5.88 Å². The summed E-state index contributed by atoms with van der Waals surface area (Å²) in [5, 5.41) is 15.2. The Bertz CT molecular complexity index is 603. The monoisotopic (exact) mass is 273 g/mol. The number of hydrogen-bond donors (Lipinski definition) is 0. The van der Waals surface area contributed by atoms with Gasteiger partial charge in [-0.1, -0.05) is 30.3 Å². The van der Waals surface area contributed by atoms with Crippen LogP contribution in [-0.2, 0) is 11.3 Å². The van der Waals surface area contributed by atoms with Crippen LogP contribution in [0.15, 0.2) is 36.5 Å². The molecule has 106 valence electrons. The number of benzene rings is 1. The molecule has 5 heteroatoms. The molecule has 2 aromatic rings. The van der Waals surface area contributed by atoms with Gasteiger partial charge < -0.3 is 14.6 Å². The summed E-state index contributed by atoms with van der Waals surface area (Å²) in [6.45, 7) is 5.32. The number of carboxylic acids is 1. The van der Waals surface area contributed by atoms with Gasteiger partial charge in [-0.25, -0.2) is 0 Å². The summed E-state index contributed by atoms with van der Waals surface area (Å²) in [6, 6.07) is 9.88. The molecule has 5 nitrogen and oxygen atoms in total. The second-order valence-electron chi connectivity index (χ2n) is 5.20. The Balaban J connectivity index is 2.16.